The molecule has 0 amide bonds. The number of para-hydroxylation sites is 1. The molecule has 26 heavy (non-hydrogen) atoms. The second kappa shape index (κ2) is 8.82. The van der Waals surface area contributed by atoms with Crippen molar-refractivity contribution in [2.75, 3.05) is 5.32 Å². The van der Waals surface area contributed by atoms with Gasteiger partial charge in [0.25, 0.3) is 5.69 Å². The lowest BCUT2D eigenvalue weighted by atomic mass is 10.2. The Balaban J connectivity index is 1.78. The summed E-state index contributed by atoms with van der Waals surface area (Å²) < 4.78 is 0. The van der Waals surface area contributed by atoms with E-state index in [1.807, 2.05) is 60.7 Å². The Kier molecular flexibility index (Phi) is 6.01. The number of nitro groups is 1. The predicted octanol–water partition coefficient (Wildman–Crippen LogP) is 5.36. The lowest BCUT2D eigenvalue weighted by molar-refractivity contribution is -0.384. The van der Waals surface area contributed by atoms with Gasteiger partial charge in [-0.3, -0.25) is 15.1 Å². The van der Waals surface area contributed by atoms with Crippen molar-refractivity contribution in [2.24, 2.45) is 4.99 Å². The molecule has 5 nitrogen and oxygen atoms in total. The zero-order chi connectivity index (χ0) is 18.2. The summed E-state index contributed by atoms with van der Waals surface area (Å²) in [5, 5.41) is 14.8. The molecule has 0 saturated carbocycles. The molecule has 0 aliphatic rings. The highest BCUT2D eigenvalue weighted by molar-refractivity contribution is 8.14. The summed E-state index contributed by atoms with van der Waals surface area (Å²) in [7, 11) is 0. The van der Waals surface area contributed by atoms with E-state index in [1.165, 1.54) is 23.9 Å². The third-order valence-electron chi connectivity index (χ3n) is 3.54. The second-order valence-electron chi connectivity index (χ2n) is 5.45. The van der Waals surface area contributed by atoms with Crippen LogP contribution >= 0.6 is 11.8 Å². The zero-order valence-corrected chi connectivity index (χ0v) is 14.7. The molecule has 0 aliphatic carbocycles. The van der Waals surface area contributed by atoms with Crippen molar-refractivity contribution in [3.05, 3.63) is 101 Å². The molecule has 0 saturated heterocycles. The Labute approximate surface area is 155 Å². The summed E-state index contributed by atoms with van der Waals surface area (Å²) >= 11 is 1.44. The molecule has 3 aromatic rings. The van der Waals surface area contributed by atoms with Gasteiger partial charge < -0.3 is 5.32 Å². The van der Waals surface area contributed by atoms with Crippen molar-refractivity contribution < 1.29 is 4.92 Å². The topological polar surface area (TPSA) is 67.5 Å². The van der Waals surface area contributed by atoms with E-state index in [1.54, 1.807) is 12.1 Å². The maximum atomic E-state index is 10.8. The predicted molar refractivity (Wildman–Crippen MR) is 107 cm³/mol. The number of benzene rings is 3. The standard InChI is InChI=1S/C20H17N3O2S/c24-23(25)18-11-13-19(14-12-18)26-20(22-17-9-5-2-6-10-17)21-15-16-7-3-1-4-8-16/h1-14H,15H2,(H,21,22). The van der Waals surface area contributed by atoms with Crippen LogP contribution in [-0.4, -0.2) is 10.1 Å². The quantitative estimate of drug-likeness (QED) is 0.218. The lowest BCUT2D eigenvalue weighted by Crippen LogP contribution is -2.08. The summed E-state index contributed by atoms with van der Waals surface area (Å²) in [4.78, 5) is 16.0. The summed E-state index contributed by atoms with van der Waals surface area (Å²) in [6.45, 7) is 0.552. The van der Waals surface area contributed by atoms with Gasteiger partial charge in [-0.1, -0.05) is 60.3 Å². The molecule has 0 bridgehead atoms. The number of anilines is 1. The van der Waals surface area contributed by atoms with Crippen molar-refractivity contribution in [2.45, 2.75) is 11.4 Å². The summed E-state index contributed by atoms with van der Waals surface area (Å²) in [5.41, 5.74) is 2.13. The van der Waals surface area contributed by atoms with E-state index in [2.05, 4.69) is 10.3 Å². The van der Waals surface area contributed by atoms with E-state index < -0.39 is 4.92 Å². The molecule has 0 unspecified atom stereocenters. The molecular weight excluding hydrogens is 346 g/mol. The van der Waals surface area contributed by atoms with Gasteiger partial charge in [0.1, 0.15) is 0 Å². The zero-order valence-electron chi connectivity index (χ0n) is 13.9. The van der Waals surface area contributed by atoms with Crippen LogP contribution in [0.4, 0.5) is 11.4 Å². The van der Waals surface area contributed by atoms with Crippen molar-refractivity contribution in [1.82, 2.24) is 0 Å². The van der Waals surface area contributed by atoms with Gasteiger partial charge in [-0.2, -0.15) is 0 Å². The van der Waals surface area contributed by atoms with E-state index in [0.29, 0.717) is 6.54 Å². The van der Waals surface area contributed by atoms with Crippen molar-refractivity contribution in [1.29, 1.82) is 0 Å². The van der Waals surface area contributed by atoms with E-state index >= 15 is 0 Å². The minimum absolute atomic E-state index is 0.0770. The van der Waals surface area contributed by atoms with Crippen LogP contribution in [0.3, 0.4) is 0 Å². The lowest BCUT2D eigenvalue weighted by Gasteiger charge is -2.10. The van der Waals surface area contributed by atoms with Gasteiger partial charge in [-0.05, 0) is 29.8 Å². The monoisotopic (exact) mass is 363 g/mol. The van der Waals surface area contributed by atoms with Crippen LogP contribution in [0.5, 0.6) is 0 Å². The number of hydrogen-bond donors (Lipinski definition) is 1. The fourth-order valence-corrected chi connectivity index (χ4v) is 3.03. The van der Waals surface area contributed by atoms with Gasteiger partial charge >= 0.3 is 0 Å². The molecule has 0 heterocycles. The summed E-state index contributed by atoms with van der Waals surface area (Å²) in [6, 6.07) is 26.2. The molecule has 3 rings (SSSR count). The van der Waals surface area contributed by atoms with Crippen molar-refractivity contribution in [3.8, 4) is 0 Å². The number of hydrogen-bond acceptors (Lipinski definition) is 4. The number of thioether (sulfide) groups is 1. The van der Waals surface area contributed by atoms with Crippen LogP contribution in [-0.2, 0) is 6.54 Å². The van der Waals surface area contributed by atoms with E-state index in [0.717, 1.165) is 21.3 Å². The van der Waals surface area contributed by atoms with E-state index in [4.69, 9.17) is 0 Å². The molecule has 0 fully saturated rings. The Morgan fingerprint density at radius 3 is 2.15 bits per heavy atom. The van der Waals surface area contributed by atoms with Gasteiger partial charge in [0.2, 0.25) is 0 Å². The maximum Gasteiger partial charge on any atom is 0.269 e. The van der Waals surface area contributed by atoms with E-state index in [9.17, 15) is 10.1 Å². The maximum absolute atomic E-state index is 10.8. The SMILES string of the molecule is O=[N+]([O-])c1ccc(SC(=NCc2ccccc2)Nc2ccccc2)cc1. The fraction of sp³-hybridized carbons (Fsp3) is 0.0500. The van der Waals surface area contributed by atoms with E-state index in [-0.39, 0.29) is 5.69 Å². The van der Waals surface area contributed by atoms with Crippen LogP contribution in [0.1, 0.15) is 5.56 Å². The van der Waals surface area contributed by atoms with Crippen LogP contribution in [0.25, 0.3) is 0 Å². The van der Waals surface area contributed by atoms with Gasteiger partial charge in [0.15, 0.2) is 5.17 Å². The highest BCUT2D eigenvalue weighted by Crippen LogP contribution is 2.24. The number of rotatable bonds is 5. The minimum Gasteiger partial charge on any atom is -0.335 e. The molecule has 130 valence electrons. The van der Waals surface area contributed by atoms with Gasteiger partial charge in [0, 0.05) is 22.7 Å². The third-order valence-corrected chi connectivity index (χ3v) is 4.47. The summed E-state index contributed by atoms with van der Waals surface area (Å²) in [6.07, 6.45) is 0. The summed E-state index contributed by atoms with van der Waals surface area (Å²) in [5.74, 6) is 0. The molecule has 6 heteroatoms. The minimum atomic E-state index is -0.402. The van der Waals surface area contributed by atoms with Gasteiger partial charge in [0.05, 0.1) is 11.5 Å². The van der Waals surface area contributed by atoms with Crippen LogP contribution in [0.2, 0.25) is 0 Å². The average Bonchev–Trinajstić information content (AvgIpc) is 2.68. The molecule has 0 aromatic heterocycles. The van der Waals surface area contributed by atoms with Crippen LogP contribution in [0.15, 0.2) is 94.8 Å². The molecule has 1 N–H and O–H groups in total. The number of nitrogens with one attached hydrogen (secondary N) is 1. The first-order valence-corrected chi connectivity index (χ1v) is 8.85. The molecular formula is C20H17N3O2S. The largest absolute Gasteiger partial charge is 0.335 e. The highest BCUT2D eigenvalue weighted by atomic mass is 32.2. The molecule has 0 atom stereocenters. The first-order valence-electron chi connectivity index (χ1n) is 8.03. The Hall–Kier alpha value is -3.12. The highest BCUT2D eigenvalue weighted by Gasteiger charge is 2.07. The molecule has 0 aliphatic heterocycles. The molecule has 3 aromatic carbocycles. The molecule has 0 spiro atoms. The van der Waals surface area contributed by atoms with Gasteiger partial charge in [-0.15, -0.1) is 0 Å². The Morgan fingerprint density at radius 1 is 0.923 bits per heavy atom. The Bertz CT molecular complexity index is 882. The van der Waals surface area contributed by atoms with Crippen LogP contribution in [0, 0.1) is 10.1 Å². The first kappa shape index (κ1) is 17.7. The van der Waals surface area contributed by atoms with Crippen LogP contribution < -0.4 is 5.32 Å². The third kappa shape index (κ3) is 5.19. The number of nitrogens with zero attached hydrogens (tertiary/aromatic N) is 2. The second-order valence-corrected chi connectivity index (χ2v) is 6.51. The number of nitro benzene ring substituents is 1. The molecule has 0 radical (unpaired) electrons. The average molecular weight is 363 g/mol. The van der Waals surface area contributed by atoms with Crippen molar-refractivity contribution >= 4 is 28.3 Å². The fourth-order valence-electron chi connectivity index (χ4n) is 2.24. The van der Waals surface area contributed by atoms with Crippen molar-refractivity contribution in [3.63, 3.8) is 0 Å². The number of aliphatic imine (C=N–C) groups is 1. The number of non-ortho nitro benzene ring substituents is 1. The number of amidine groups is 1. The smallest absolute Gasteiger partial charge is 0.269 e. The first-order chi connectivity index (χ1) is 12.7. The van der Waals surface area contributed by atoms with Gasteiger partial charge in [-0.25, -0.2) is 0 Å². The Morgan fingerprint density at radius 2 is 1.54 bits per heavy atom. The normalized spacial score (nSPS) is 11.2.